The minimum absolute atomic E-state index is 0.186. The minimum atomic E-state index is -0.821. The van der Waals surface area contributed by atoms with E-state index in [-0.39, 0.29) is 18.6 Å². The average Bonchev–Trinajstić information content (AvgIpc) is 3.14. The van der Waals surface area contributed by atoms with Gasteiger partial charge in [0.25, 0.3) is 0 Å². The molecule has 2 amide bonds. The Morgan fingerprint density at radius 2 is 2.33 bits per heavy atom. The lowest BCUT2D eigenvalue weighted by molar-refractivity contribution is -0.148. The number of carbonyl (C=O) groups is 2. The van der Waals surface area contributed by atoms with E-state index in [9.17, 15) is 14.7 Å². The van der Waals surface area contributed by atoms with E-state index in [0.29, 0.717) is 31.6 Å². The van der Waals surface area contributed by atoms with Crippen molar-refractivity contribution < 1.29 is 14.7 Å². The van der Waals surface area contributed by atoms with Crippen LogP contribution in [0.3, 0.4) is 0 Å². The zero-order valence-corrected chi connectivity index (χ0v) is 12.4. The van der Waals surface area contributed by atoms with Crippen molar-refractivity contribution in [1.29, 1.82) is 0 Å². The molecule has 7 nitrogen and oxygen atoms in total. The third kappa shape index (κ3) is 3.01. The van der Waals surface area contributed by atoms with E-state index in [1.807, 2.05) is 13.8 Å². The van der Waals surface area contributed by atoms with Gasteiger partial charge in [-0.25, -0.2) is 9.78 Å². The lowest BCUT2D eigenvalue weighted by Crippen LogP contribution is -2.43. The van der Waals surface area contributed by atoms with E-state index in [4.69, 9.17) is 0 Å². The molecule has 0 radical (unpaired) electrons. The van der Waals surface area contributed by atoms with Crippen molar-refractivity contribution in [3.05, 3.63) is 18.2 Å². The number of rotatable bonds is 5. The summed E-state index contributed by atoms with van der Waals surface area (Å²) in [5.41, 5.74) is -0.802. The highest BCUT2D eigenvalue weighted by Crippen LogP contribution is 2.34. The fraction of sp³-hybridized carbons (Fsp3) is 0.643. The molecule has 21 heavy (non-hydrogen) atoms. The average molecular weight is 294 g/mol. The van der Waals surface area contributed by atoms with E-state index in [0.717, 1.165) is 0 Å². The van der Waals surface area contributed by atoms with Crippen LogP contribution in [-0.4, -0.2) is 45.1 Å². The molecule has 1 aliphatic rings. The summed E-state index contributed by atoms with van der Waals surface area (Å²) in [7, 11) is 0. The molecule has 2 rings (SSSR count). The number of hydrogen-bond donors (Lipinski definition) is 3. The van der Waals surface area contributed by atoms with Crippen molar-refractivity contribution in [2.24, 2.45) is 5.41 Å². The van der Waals surface area contributed by atoms with Gasteiger partial charge in [-0.1, -0.05) is 13.8 Å². The molecule has 2 atom stereocenters. The highest BCUT2D eigenvalue weighted by atomic mass is 16.4. The number of aromatic nitrogens is 2. The number of H-pyrrole nitrogens is 1. The fourth-order valence-corrected chi connectivity index (χ4v) is 2.73. The van der Waals surface area contributed by atoms with Crippen molar-refractivity contribution in [2.45, 2.75) is 39.2 Å². The molecule has 3 N–H and O–H groups in total. The normalized spacial score (nSPS) is 23.0. The molecule has 1 aliphatic heterocycles. The first kappa shape index (κ1) is 15.3. The minimum Gasteiger partial charge on any atom is -0.481 e. The number of carbonyl (C=O) groups excluding carboxylic acids is 1. The smallest absolute Gasteiger partial charge is 0.318 e. The Labute approximate surface area is 123 Å². The van der Waals surface area contributed by atoms with Crippen LogP contribution < -0.4 is 5.32 Å². The van der Waals surface area contributed by atoms with Crippen LogP contribution in [0.4, 0.5) is 4.79 Å². The summed E-state index contributed by atoms with van der Waals surface area (Å²) in [6.07, 6.45) is 5.11. The second-order valence-corrected chi connectivity index (χ2v) is 5.50. The molecule has 1 saturated heterocycles. The van der Waals surface area contributed by atoms with Crippen LogP contribution in [0, 0.1) is 5.41 Å². The van der Waals surface area contributed by atoms with Gasteiger partial charge in [-0.3, -0.25) is 4.79 Å². The molecular weight excluding hydrogens is 272 g/mol. The van der Waals surface area contributed by atoms with Crippen LogP contribution in [-0.2, 0) is 4.79 Å². The summed E-state index contributed by atoms with van der Waals surface area (Å²) in [5.74, 6) is -0.108. The van der Waals surface area contributed by atoms with Crippen molar-refractivity contribution in [2.75, 3.05) is 13.1 Å². The third-order valence-corrected chi connectivity index (χ3v) is 4.33. The van der Waals surface area contributed by atoms with Crippen LogP contribution in [0.1, 0.15) is 45.0 Å². The highest BCUT2D eigenvalue weighted by Gasteiger charge is 2.45. The molecule has 1 fully saturated rings. The predicted octanol–water partition coefficient (Wildman–Crippen LogP) is 1.76. The van der Waals surface area contributed by atoms with Gasteiger partial charge in [0.2, 0.25) is 0 Å². The van der Waals surface area contributed by atoms with Gasteiger partial charge in [-0.05, 0) is 19.3 Å². The molecular formula is C14H22N4O3. The van der Waals surface area contributed by atoms with Gasteiger partial charge in [0, 0.05) is 25.5 Å². The summed E-state index contributed by atoms with van der Waals surface area (Å²) in [6.45, 7) is 4.55. The van der Waals surface area contributed by atoms with E-state index in [1.165, 1.54) is 0 Å². The standard InChI is InChI=1S/C14H22N4O3/c1-3-10(11-15-6-7-16-11)17-13(21)18-8-5-14(4-2,9-18)12(19)20/h6-7,10H,3-5,8-9H2,1-2H3,(H,15,16)(H,17,21)(H,19,20). The molecule has 2 unspecified atom stereocenters. The van der Waals surface area contributed by atoms with E-state index >= 15 is 0 Å². The summed E-state index contributed by atoms with van der Waals surface area (Å²) in [6, 6.07) is -0.413. The molecule has 7 heteroatoms. The van der Waals surface area contributed by atoms with Gasteiger partial charge >= 0.3 is 12.0 Å². The number of aliphatic carboxylic acids is 1. The lowest BCUT2D eigenvalue weighted by Gasteiger charge is -2.24. The Morgan fingerprint density at radius 3 is 2.81 bits per heavy atom. The Morgan fingerprint density at radius 1 is 1.57 bits per heavy atom. The highest BCUT2D eigenvalue weighted by molar-refractivity contribution is 5.79. The number of aromatic amines is 1. The zero-order chi connectivity index (χ0) is 15.5. The maximum absolute atomic E-state index is 12.3. The first-order valence-electron chi connectivity index (χ1n) is 7.30. The SMILES string of the molecule is CCC(NC(=O)N1CCC(CC)(C(=O)O)C1)c1ncc[nH]1. The number of hydrogen-bond acceptors (Lipinski definition) is 3. The van der Waals surface area contributed by atoms with E-state index in [1.54, 1.807) is 17.3 Å². The maximum atomic E-state index is 12.3. The summed E-state index contributed by atoms with van der Waals surface area (Å²) in [4.78, 5) is 32.5. The molecule has 2 heterocycles. The zero-order valence-electron chi connectivity index (χ0n) is 12.4. The van der Waals surface area contributed by atoms with E-state index in [2.05, 4.69) is 15.3 Å². The van der Waals surface area contributed by atoms with Crippen LogP contribution in [0.15, 0.2) is 12.4 Å². The van der Waals surface area contributed by atoms with Gasteiger partial charge in [-0.15, -0.1) is 0 Å². The Balaban J connectivity index is 2.00. The topological polar surface area (TPSA) is 98.3 Å². The largest absolute Gasteiger partial charge is 0.481 e. The van der Waals surface area contributed by atoms with Gasteiger partial charge in [0.1, 0.15) is 5.82 Å². The molecule has 0 aromatic carbocycles. The third-order valence-electron chi connectivity index (χ3n) is 4.33. The van der Waals surface area contributed by atoms with Gasteiger partial charge in [0.15, 0.2) is 0 Å². The Bertz CT molecular complexity index is 502. The van der Waals surface area contributed by atoms with Crippen molar-refractivity contribution in [3.63, 3.8) is 0 Å². The Hall–Kier alpha value is -2.05. The summed E-state index contributed by atoms with van der Waals surface area (Å²) in [5, 5.41) is 12.3. The van der Waals surface area contributed by atoms with Crippen LogP contribution in [0.5, 0.6) is 0 Å². The lowest BCUT2D eigenvalue weighted by atomic mass is 9.84. The van der Waals surface area contributed by atoms with Crippen LogP contribution >= 0.6 is 0 Å². The second-order valence-electron chi connectivity index (χ2n) is 5.50. The number of imidazole rings is 1. The molecule has 0 bridgehead atoms. The van der Waals surface area contributed by atoms with Gasteiger partial charge < -0.3 is 20.3 Å². The first-order valence-corrected chi connectivity index (χ1v) is 7.30. The molecule has 0 saturated carbocycles. The molecule has 0 aliphatic carbocycles. The van der Waals surface area contributed by atoms with Crippen molar-refractivity contribution >= 4 is 12.0 Å². The maximum Gasteiger partial charge on any atom is 0.318 e. The molecule has 116 valence electrons. The molecule has 0 spiro atoms. The summed E-state index contributed by atoms with van der Waals surface area (Å²) < 4.78 is 0. The molecule has 1 aromatic heterocycles. The number of urea groups is 1. The van der Waals surface area contributed by atoms with Crippen molar-refractivity contribution in [1.82, 2.24) is 20.2 Å². The number of nitrogens with one attached hydrogen (secondary N) is 2. The summed E-state index contributed by atoms with van der Waals surface area (Å²) >= 11 is 0. The van der Waals surface area contributed by atoms with E-state index < -0.39 is 11.4 Å². The second kappa shape index (κ2) is 6.15. The quantitative estimate of drug-likeness (QED) is 0.770. The number of likely N-dealkylation sites (tertiary alicyclic amines) is 1. The fourth-order valence-electron chi connectivity index (χ4n) is 2.73. The predicted molar refractivity (Wildman–Crippen MR) is 76.7 cm³/mol. The van der Waals surface area contributed by atoms with Gasteiger partial charge in [0.05, 0.1) is 11.5 Å². The van der Waals surface area contributed by atoms with Crippen LogP contribution in [0.25, 0.3) is 0 Å². The molecule has 1 aromatic rings. The van der Waals surface area contributed by atoms with Crippen molar-refractivity contribution in [3.8, 4) is 0 Å². The number of amides is 2. The van der Waals surface area contributed by atoms with Crippen LogP contribution in [0.2, 0.25) is 0 Å². The number of carboxylic acid groups (broad SMARTS) is 1. The Kier molecular flexibility index (Phi) is 4.50. The number of carboxylic acids is 1. The first-order chi connectivity index (χ1) is 10.0. The van der Waals surface area contributed by atoms with Gasteiger partial charge in [-0.2, -0.15) is 0 Å². The monoisotopic (exact) mass is 294 g/mol. The number of nitrogens with zero attached hydrogens (tertiary/aromatic N) is 2.